The summed E-state index contributed by atoms with van der Waals surface area (Å²) in [7, 11) is 2.05. The third-order valence-corrected chi connectivity index (χ3v) is 8.96. The van der Waals surface area contributed by atoms with Crippen LogP contribution in [0.4, 0.5) is 0 Å². The zero-order valence-corrected chi connectivity index (χ0v) is 26.1. The van der Waals surface area contributed by atoms with Crippen LogP contribution in [-0.4, -0.2) is 89.3 Å². The summed E-state index contributed by atoms with van der Waals surface area (Å²) >= 11 is 1.60. The number of hydrogen-bond donors (Lipinski definition) is 1. The number of carbonyl (C=O) groups excluding carboxylic acids is 3. The van der Waals surface area contributed by atoms with Crippen molar-refractivity contribution in [1.82, 2.24) is 25.0 Å². The highest BCUT2D eigenvalue weighted by molar-refractivity contribution is 7.09. The molecular weight excluding hydrogens is 538 g/mol. The standard InChI is InChI=1S/C31H45N5O4S/c1-21(2)18-24(28(38)36-13-9-11-25(36)29(39)35-16-14-34(6)15-17-35)33-27(37)23-10-7-8-12-26(23)40-19-22-20-41-30(32-22)31(3,4)5/h7-8,10,12,20-21,24-25H,9,11,13-19H2,1-6H3,(H,33,37)/t24-,25-/m1/s1. The molecule has 0 saturated carbocycles. The summed E-state index contributed by atoms with van der Waals surface area (Å²) in [6.07, 6.45) is 1.92. The lowest BCUT2D eigenvalue weighted by atomic mass is 9.98. The Morgan fingerprint density at radius 2 is 1.80 bits per heavy atom. The number of likely N-dealkylation sites (N-methyl/N-ethyl adjacent to an activating group) is 1. The zero-order valence-electron chi connectivity index (χ0n) is 25.3. The van der Waals surface area contributed by atoms with Gasteiger partial charge < -0.3 is 24.8 Å². The largest absolute Gasteiger partial charge is 0.486 e. The molecular formula is C31H45N5O4S. The van der Waals surface area contributed by atoms with E-state index < -0.39 is 12.1 Å². The molecule has 0 spiro atoms. The molecule has 4 rings (SSSR count). The van der Waals surface area contributed by atoms with Gasteiger partial charge in [0.15, 0.2) is 0 Å². The number of para-hydroxylation sites is 1. The van der Waals surface area contributed by atoms with Crippen molar-refractivity contribution in [3.8, 4) is 5.75 Å². The van der Waals surface area contributed by atoms with E-state index in [1.165, 1.54) is 0 Å². The van der Waals surface area contributed by atoms with Gasteiger partial charge in [-0.25, -0.2) is 4.98 Å². The average molecular weight is 584 g/mol. The third kappa shape index (κ3) is 7.86. The predicted molar refractivity (Wildman–Crippen MR) is 161 cm³/mol. The van der Waals surface area contributed by atoms with Crippen LogP contribution in [0.1, 0.15) is 74.9 Å². The average Bonchev–Trinajstić information content (AvgIpc) is 3.61. The Labute approximate surface area is 248 Å². The highest BCUT2D eigenvalue weighted by Gasteiger charge is 2.40. The van der Waals surface area contributed by atoms with E-state index in [-0.39, 0.29) is 35.7 Å². The van der Waals surface area contributed by atoms with Gasteiger partial charge in [-0.3, -0.25) is 14.4 Å². The molecule has 2 atom stereocenters. The van der Waals surface area contributed by atoms with Crippen molar-refractivity contribution < 1.29 is 19.1 Å². The fraction of sp³-hybridized carbons (Fsp3) is 0.613. The molecule has 224 valence electrons. The number of rotatable bonds is 9. The lowest BCUT2D eigenvalue weighted by Gasteiger charge is -2.36. The van der Waals surface area contributed by atoms with Crippen molar-refractivity contribution in [3.63, 3.8) is 0 Å². The first-order chi connectivity index (χ1) is 19.4. The van der Waals surface area contributed by atoms with E-state index >= 15 is 0 Å². The van der Waals surface area contributed by atoms with E-state index in [1.807, 2.05) is 30.2 Å². The quantitative estimate of drug-likeness (QED) is 0.481. The molecule has 1 aromatic carbocycles. The van der Waals surface area contributed by atoms with Crippen molar-refractivity contribution >= 4 is 29.1 Å². The molecule has 3 heterocycles. The van der Waals surface area contributed by atoms with Crippen molar-refractivity contribution in [2.24, 2.45) is 5.92 Å². The fourth-order valence-corrected chi connectivity index (χ4v) is 6.20. The van der Waals surface area contributed by atoms with E-state index in [9.17, 15) is 14.4 Å². The molecule has 1 aromatic heterocycles. The number of thiazole rings is 1. The molecule has 2 saturated heterocycles. The maximum Gasteiger partial charge on any atom is 0.255 e. The first kappa shape index (κ1) is 31.0. The summed E-state index contributed by atoms with van der Waals surface area (Å²) in [5.74, 6) is 0.0816. The number of benzene rings is 1. The minimum absolute atomic E-state index is 0.0222. The molecule has 0 bridgehead atoms. The Hall–Kier alpha value is -2.98. The molecule has 2 aromatic rings. The smallest absolute Gasteiger partial charge is 0.255 e. The minimum Gasteiger partial charge on any atom is -0.486 e. The van der Waals surface area contributed by atoms with Gasteiger partial charge in [0.1, 0.15) is 24.4 Å². The first-order valence-electron chi connectivity index (χ1n) is 14.7. The summed E-state index contributed by atoms with van der Waals surface area (Å²) in [5, 5.41) is 6.01. The number of carbonyl (C=O) groups is 3. The van der Waals surface area contributed by atoms with E-state index in [2.05, 4.69) is 43.0 Å². The van der Waals surface area contributed by atoms with Crippen LogP contribution in [0.5, 0.6) is 5.75 Å². The molecule has 1 N–H and O–H groups in total. The summed E-state index contributed by atoms with van der Waals surface area (Å²) in [5.41, 5.74) is 1.14. The van der Waals surface area contributed by atoms with Gasteiger partial charge in [0, 0.05) is 43.5 Å². The molecule has 0 aliphatic carbocycles. The van der Waals surface area contributed by atoms with E-state index in [0.717, 1.165) is 30.2 Å². The molecule has 2 aliphatic heterocycles. The number of nitrogens with one attached hydrogen (secondary N) is 1. The monoisotopic (exact) mass is 583 g/mol. The first-order valence-corrected chi connectivity index (χ1v) is 15.6. The molecule has 2 aliphatic rings. The molecule has 10 heteroatoms. The van der Waals surface area contributed by atoms with Gasteiger partial charge in [0.05, 0.1) is 16.3 Å². The lowest BCUT2D eigenvalue weighted by molar-refractivity contribution is -0.145. The third-order valence-electron chi connectivity index (χ3n) is 7.65. The second-order valence-corrected chi connectivity index (χ2v) is 13.5. The summed E-state index contributed by atoms with van der Waals surface area (Å²) < 4.78 is 6.05. The number of nitrogens with zero attached hydrogens (tertiary/aromatic N) is 4. The molecule has 3 amide bonds. The van der Waals surface area contributed by atoms with Crippen LogP contribution >= 0.6 is 11.3 Å². The molecule has 0 radical (unpaired) electrons. The van der Waals surface area contributed by atoms with Crippen molar-refractivity contribution in [3.05, 3.63) is 45.9 Å². The Balaban J connectivity index is 1.45. The van der Waals surface area contributed by atoms with Crippen LogP contribution in [-0.2, 0) is 21.6 Å². The van der Waals surface area contributed by atoms with Crippen molar-refractivity contribution in [2.45, 2.75) is 78.0 Å². The number of ether oxygens (including phenoxy) is 1. The van der Waals surface area contributed by atoms with E-state index in [1.54, 1.807) is 34.4 Å². The Morgan fingerprint density at radius 1 is 1.10 bits per heavy atom. The molecule has 2 fully saturated rings. The van der Waals surface area contributed by atoms with Crippen LogP contribution in [0.25, 0.3) is 0 Å². The highest BCUT2D eigenvalue weighted by atomic mass is 32.1. The van der Waals surface area contributed by atoms with Crippen LogP contribution in [0, 0.1) is 5.92 Å². The van der Waals surface area contributed by atoms with E-state index in [0.29, 0.717) is 43.8 Å². The van der Waals surface area contributed by atoms with Gasteiger partial charge >= 0.3 is 0 Å². The van der Waals surface area contributed by atoms with E-state index in [4.69, 9.17) is 4.74 Å². The topological polar surface area (TPSA) is 95.1 Å². The Bertz CT molecular complexity index is 1220. The minimum atomic E-state index is -0.732. The van der Waals surface area contributed by atoms with Crippen LogP contribution in [0.15, 0.2) is 29.6 Å². The van der Waals surface area contributed by atoms with Crippen LogP contribution in [0.3, 0.4) is 0 Å². The second-order valence-electron chi connectivity index (χ2n) is 12.7. The summed E-state index contributed by atoms with van der Waals surface area (Å²) in [6, 6.07) is 5.87. The van der Waals surface area contributed by atoms with Gasteiger partial charge in [-0.2, -0.15) is 0 Å². The highest BCUT2D eigenvalue weighted by Crippen LogP contribution is 2.27. The fourth-order valence-electron chi connectivity index (χ4n) is 5.30. The maximum atomic E-state index is 13.9. The van der Waals surface area contributed by atoms with Gasteiger partial charge in [-0.05, 0) is 44.4 Å². The zero-order chi connectivity index (χ0) is 29.7. The number of hydrogen-bond acceptors (Lipinski definition) is 7. The maximum absolute atomic E-state index is 13.9. The van der Waals surface area contributed by atoms with Crippen LogP contribution < -0.4 is 10.1 Å². The molecule has 41 heavy (non-hydrogen) atoms. The molecule has 9 nitrogen and oxygen atoms in total. The van der Waals surface area contributed by atoms with Gasteiger partial charge in [-0.1, -0.05) is 46.8 Å². The number of piperazine rings is 1. The normalized spacial score (nSPS) is 19.0. The predicted octanol–water partition coefficient (Wildman–Crippen LogP) is 3.93. The number of amides is 3. The van der Waals surface area contributed by atoms with Gasteiger partial charge in [0.25, 0.3) is 5.91 Å². The number of likely N-dealkylation sites (tertiary alicyclic amines) is 1. The summed E-state index contributed by atoms with van der Waals surface area (Å²) in [6.45, 7) is 14.2. The number of aromatic nitrogens is 1. The Morgan fingerprint density at radius 3 is 2.46 bits per heavy atom. The van der Waals surface area contributed by atoms with Gasteiger partial charge in [-0.15, -0.1) is 11.3 Å². The Kier molecular flexibility index (Phi) is 10.1. The van der Waals surface area contributed by atoms with Gasteiger partial charge in [0.2, 0.25) is 11.8 Å². The lowest BCUT2D eigenvalue weighted by Crippen LogP contribution is -2.56. The molecule has 0 unspecified atom stereocenters. The van der Waals surface area contributed by atoms with Crippen molar-refractivity contribution in [2.75, 3.05) is 39.8 Å². The van der Waals surface area contributed by atoms with Crippen molar-refractivity contribution in [1.29, 1.82) is 0 Å². The van der Waals surface area contributed by atoms with Crippen LogP contribution in [0.2, 0.25) is 0 Å². The summed E-state index contributed by atoms with van der Waals surface area (Å²) in [4.78, 5) is 51.3. The SMILES string of the molecule is CC(C)C[C@@H](NC(=O)c1ccccc1OCc1csc(C(C)(C)C)n1)C(=O)N1CCC[C@@H]1C(=O)N1CCN(C)CC1. The second kappa shape index (κ2) is 13.3.